The zero-order chi connectivity index (χ0) is 18.6. The number of thioether (sulfide) groups is 1. The summed E-state index contributed by atoms with van der Waals surface area (Å²) in [5.41, 5.74) is -0.488. The maximum absolute atomic E-state index is 12.5. The van der Waals surface area contributed by atoms with Crippen LogP contribution in [0.1, 0.15) is 40.0 Å². The molecular formula is C17H27ClN4O2S. The van der Waals surface area contributed by atoms with Crippen LogP contribution in [0.4, 0.5) is 10.6 Å². The van der Waals surface area contributed by atoms with Gasteiger partial charge in [0, 0.05) is 26.2 Å². The molecule has 2 rings (SSSR count). The minimum atomic E-state index is -0.488. The van der Waals surface area contributed by atoms with Crippen LogP contribution in [0.25, 0.3) is 0 Å². The standard InChI is InChI=1S/C17H27ClN4O2S/c1-17(2,3)24-16(23)22-9-7-6-8-12(22)11-21(4)14-10-13(18)19-15(20-14)25-5/h10,12H,6-9,11H2,1-5H3/t12-/m1/s1. The molecule has 0 N–H and O–H groups in total. The molecule has 140 valence electrons. The first-order valence-electron chi connectivity index (χ1n) is 8.49. The topological polar surface area (TPSA) is 58.6 Å². The van der Waals surface area contributed by atoms with Crippen molar-refractivity contribution < 1.29 is 9.53 Å². The molecule has 0 saturated carbocycles. The molecule has 1 fully saturated rings. The number of aromatic nitrogens is 2. The summed E-state index contributed by atoms with van der Waals surface area (Å²) in [6.45, 7) is 7.09. The maximum Gasteiger partial charge on any atom is 0.410 e. The van der Waals surface area contributed by atoms with E-state index in [0.29, 0.717) is 16.9 Å². The number of hydrogen-bond acceptors (Lipinski definition) is 6. The van der Waals surface area contributed by atoms with Gasteiger partial charge >= 0.3 is 6.09 Å². The number of rotatable bonds is 4. The van der Waals surface area contributed by atoms with Gasteiger partial charge in [0.25, 0.3) is 0 Å². The first-order valence-corrected chi connectivity index (χ1v) is 10.1. The average Bonchev–Trinajstić information content (AvgIpc) is 2.53. The average molecular weight is 387 g/mol. The van der Waals surface area contributed by atoms with Gasteiger partial charge in [0.1, 0.15) is 16.6 Å². The second kappa shape index (κ2) is 8.45. The molecule has 0 bridgehead atoms. The van der Waals surface area contributed by atoms with Crippen LogP contribution in [0.5, 0.6) is 0 Å². The second-order valence-electron chi connectivity index (χ2n) is 7.24. The number of amides is 1. The van der Waals surface area contributed by atoms with E-state index in [9.17, 15) is 4.79 Å². The first-order chi connectivity index (χ1) is 11.7. The number of ether oxygens (including phenoxy) is 1. The van der Waals surface area contributed by atoms with Gasteiger partial charge in [0.15, 0.2) is 5.16 Å². The van der Waals surface area contributed by atoms with Gasteiger partial charge in [-0.3, -0.25) is 0 Å². The van der Waals surface area contributed by atoms with Crippen molar-refractivity contribution in [2.24, 2.45) is 0 Å². The minimum absolute atomic E-state index is 0.0973. The van der Waals surface area contributed by atoms with Crippen molar-refractivity contribution in [3.05, 3.63) is 11.2 Å². The summed E-state index contributed by atoms with van der Waals surface area (Å²) >= 11 is 7.55. The normalized spacial score (nSPS) is 18.2. The summed E-state index contributed by atoms with van der Waals surface area (Å²) in [5.74, 6) is 0.763. The largest absolute Gasteiger partial charge is 0.444 e. The number of piperidine rings is 1. The molecule has 1 aliphatic heterocycles. The highest BCUT2D eigenvalue weighted by Crippen LogP contribution is 2.24. The van der Waals surface area contributed by atoms with E-state index in [1.54, 1.807) is 6.07 Å². The van der Waals surface area contributed by atoms with Crippen LogP contribution in [-0.2, 0) is 4.74 Å². The van der Waals surface area contributed by atoms with Crippen LogP contribution in [0.15, 0.2) is 11.2 Å². The predicted molar refractivity (Wildman–Crippen MR) is 103 cm³/mol. The number of hydrogen-bond donors (Lipinski definition) is 0. The van der Waals surface area contributed by atoms with Crippen molar-refractivity contribution in [3.63, 3.8) is 0 Å². The van der Waals surface area contributed by atoms with Crippen LogP contribution < -0.4 is 4.90 Å². The Bertz CT molecular complexity index is 609. The number of likely N-dealkylation sites (tertiary alicyclic amines) is 1. The third-order valence-electron chi connectivity index (χ3n) is 3.97. The third-order valence-corrected chi connectivity index (χ3v) is 4.72. The van der Waals surface area contributed by atoms with Gasteiger partial charge in [-0.05, 0) is 46.3 Å². The Balaban J connectivity index is 2.10. The Morgan fingerprint density at radius 1 is 1.44 bits per heavy atom. The van der Waals surface area contributed by atoms with E-state index in [4.69, 9.17) is 16.3 Å². The predicted octanol–water partition coefficient (Wildman–Crippen LogP) is 4.08. The van der Waals surface area contributed by atoms with Crippen molar-refractivity contribution in [3.8, 4) is 0 Å². The Labute approximate surface area is 159 Å². The fourth-order valence-electron chi connectivity index (χ4n) is 2.83. The lowest BCUT2D eigenvalue weighted by atomic mass is 10.0. The van der Waals surface area contributed by atoms with Gasteiger partial charge in [-0.25, -0.2) is 14.8 Å². The van der Waals surface area contributed by atoms with Crippen molar-refractivity contribution in [1.82, 2.24) is 14.9 Å². The number of halogens is 1. The monoisotopic (exact) mass is 386 g/mol. The number of carbonyl (C=O) groups excluding carboxylic acids is 1. The Hall–Kier alpha value is -1.21. The van der Waals surface area contributed by atoms with E-state index in [-0.39, 0.29) is 12.1 Å². The van der Waals surface area contributed by atoms with E-state index < -0.39 is 5.60 Å². The molecule has 1 amide bonds. The van der Waals surface area contributed by atoms with Gasteiger partial charge in [-0.2, -0.15) is 0 Å². The summed E-state index contributed by atoms with van der Waals surface area (Å²) in [6.07, 6.45) is 4.75. The van der Waals surface area contributed by atoms with Gasteiger partial charge < -0.3 is 14.5 Å². The number of nitrogens with zero attached hydrogens (tertiary/aromatic N) is 4. The summed E-state index contributed by atoms with van der Waals surface area (Å²) < 4.78 is 5.57. The molecular weight excluding hydrogens is 360 g/mol. The van der Waals surface area contributed by atoms with Gasteiger partial charge in [0.05, 0.1) is 6.04 Å². The molecule has 25 heavy (non-hydrogen) atoms. The molecule has 1 aliphatic rings. The molecule has 1 saturated heterocycles. The molecule has 0 aromatic carbocycles. The van der Waals surface area contributed by atoms with Crippen LogP contribution in [-0.4, -0.2) is 59.0 Å². The van der Waals surface area contributed by atoms with Crippen LogP contribution in [0, 0.1) is 0 Å². The lowest BCUT2D eigenvalue weighted by Crippen LogP contribution is -2.50. The maximum atomic E-state index is 12.5. The molecule has 0 spiro atoms. The van der Waals surface area contributed by atoms with E-state index in [0.717, 1.165) is 31.6 Å². The highest BCUT2D eigenvalue weighted by Gasteiger charge is 2.31. The van der Waals surface area contributed by atoms with Crippen molar-refractivity contribution in [2.75, 3.05) is 31.3 Å². The zero-order valence-electron chi connectivity index (χ0n) is 15.6. The SMILES string of the molecule is CSc1nc(Cl)cc(N(C)C[C@H]2CCCCN2C(=O)OC(C)(C)C)n1. The second-order valence-corrected chi connectivity index (χ2v) is 8.40. The van der Waals surface area contributed by atoms with Crippen LogP contribution in [0.3, 0.4) is 0 Å². The minimum Gasteiger partial charge on any atom is -0.444 e. The summed E-state index contributed by atoms with van der Waals surface area (Å²) in [6, 6.07) is 1.85. The van der Waals surface area contributed by atoms with Crippen molar-refractivity contribution >= 4 is 35.3 Å². The molecule has 1 aromatic rings. The smallest absolute Gasteiger partial charge is 0.410 e. The lowest BCUT2D eigenvalue weighted by Gasteiger charge is -2.38. The van der Waals surface area contributed by atoms with E-state index in [2.05, 4.69) is 9.97 Å². The summed E-state index contributed by atoms with van der Waals surface area (Å²) in [7, 11) is 1.96. The highest BCUT2D eigenvalue weighted by molar-refractivity contribution is 7.98. The van der Waals surface area contributed by atoms with E-state index in [1.807, 2.05) is 43.9 Å². The third kappa shape index (κ3) is 5.92. The zero-order valence-corrected chi connectivity index (χ0v) is 17.2. The fraction of sp³-hybridized carbons (Fsp3) is 0.706. The Kier molecular flexibility index (Phi) is 6.79. The quantitative estimate of drug-likeness (QED) is 0.441. The lowest BCUT2D eigenvalue weighted by molar-refractivity contribution is 0.0108. The van der Waals surface area contributed by atoms with Gasteiger partial charge in [-0.1, -0.05) is 23.4 Å². The van der Waals surface area contributed by atoms with E-state index >= 15 is 0 Å². The van der Waals surface area contributed by atoms with Crippen molar-refractivity contribution in [2.45, 2.75) is 56.8 Å². The van der Waals surface area contributed by atoms with Crippen LogP contribution in [0.2, 0.25) is 5.15 Å². The first kappa shape index (κ1) is 20.1. The van der Waals surface area contributed by atoms with Crippen LogP contribution >= 0.6 is 23.4 Å². The molecule has 0 unspecified atom stereocenters. The van der Waals surface area contributed by atoms with Gasteiger partial charge in [0.2, 0.25) is 0 Å². The molecule has 1 atom stereocenters. The van der Waals surface area contributed by atoms with Gasteiger partial charge in [-0.15, -0.1) is 0 Å². The van der Waals surface area contributed by atoms with E-state index in [1.165, 1.54) is 11.8 Å². The highest BCUT2D eigenvalue weighted by atomic mass is 35.5. The Morgan fingerprint density at radius 2 is 2.16 bits per heavy atom. The van der Waals surface area contributed by atoms with Crippen molar-refractivity contribution in [1.29, 1.82) is 0 Å². The molecule has 0 radical (unpaired) electrons. The fourth-order valence-corrected chi connectivity index (χ4v) is 3.44. The number of likely N-dealkylation sites (N-methyl/N-ethyl adjacent to an activating group) is 1. The summed E-state index contributed by atoms with van der Waals surface area (Å²) in [4.78, 5) is 25.1. The molecule has 0 aliphatic carbocycles. The molecule has 1 aromatic heterocycles. The molecule has 8 heteroatoms. The Morgan fingerprint density at radius 3 is 2.80 bits per heavy atom. The summed E-state index contributed by atoms with van der Waals surface area (Å²) in [5, 5.41) is 1.07. The number of anilines is 1. The molecule has 6 nitrogen and oxygen atoms in total. The number of carbonyl (C=O) groups is 1. The molecule has 2 heterocycles.